The number of amides is 2. The fraction of sp³-hybridized carbons (Fsp3) is 0.200. The lowest BCUT2D eigenvalue weighted by Crippen LogP contribution is -2.34. The van der Waals surface area contributed by atoms with Crippen molar-refractivity contribution in [2.24, 2.45) is 0 Å². The summed E-state index contributed by atoms with van der Waals surface area (Å²) in [5, 5.41) is 14.0. The third-order valence-corrected chi connectivity index (χ3v) is 6.76. The van der Waals surface area contributed by atoms with Gasteiger partial charge in [0.2, 0.25) is 10.0 Å². The van der Waals surface area contributed by atoms with Crippen molar-refractivity contribution in [2.45, 2.75) is 37.0 Å². The molecular weight excluding hydrogens is 511 g/mol. The Hall–Kier alpha value is -3.90. The van der Waals surface area contributed by atoms with E-state index in [-0.39, 0.29) is 17.9 Å². The van der Waals surface area contributed by atoms with Gasteiger partial charge < -0.3 is 15.7 Å². The summed E-state index contributed by atoms with van der Waals surface area (Å²) < 4.78 is 65.6. The van der Waals surface area contributed by atoms with Crippen molar-refractivity contribution < 1.29 is 36.3 Å². The Morgan fingerprint density at radius 2 is 1.57 bits per heavy atom. The molecule has 0 saturated heterocycles. The van der Waals surface area contributed by atoms with Crippen LogP contribution in [-0.4, -0.2) is 31.6 Å². The molecule has 3 aromatic carbocycles. The van der Waals surface area contributed by atoms with Crippen LogP contribution in [0.25, 0.3) is 11.1 Å². The number of benzene rings is 3. The number of alkyl halides is 3. The van der Waals surface area contributed by atoms with Crippen LogP contribution in [0.2, 0.25) is 0 Å². The first-order valence-electron chi connectivity index (χ1n) is 11.0. The SMILES string of the molecule is C[C@@H](CC(=O)O)NS(=O)(=O)c1cccc(-c2cccc(NC(=O)NCc3ccc(C(F)(F)F)cc3)c2)c1. The van der Waals surface area contributed by atoms with Crippen LogP contribution in [-0.2, 0) is 27.5 Å². The fourth-order valence-electron chi connectivity index (χ4n) is 3.43. The Morgan fingerprint density at radius 1 is 0.946 bits per heavy atom. The molecule has 3 aromatic rings. The molecule has 0 aliphatic heterocycles. The number of rotatable bonds is 9. The zero-order chi connectivity index (χ0) is 27.2. The minimum atomic E-state index is -4.44. The summed E-state index contributed by atoms with van der Waals surface area (Å²) in [7, 11) is -3.96. The van der Waals surface area contributed by atoms with Gasteiger partial charge in [-0.2, -0.15) is 13.2 Å². The topological polar surface area (TPSA) is 125 Å². The molecule has 0 fully saturated rings. The number of carbonyl (C=O) groups is 2. The second-order valence-electron chi connectivity index (χ2n) is 8.23. The first kappa shape index (κ1) is 27.7. The van der Waals surface area contributed by atoms with E-state index in [0.717, 1.165) is 12.1 Å². The van der Waals surface area contributed by atoms with Crippen LogP contribution in [0.1, 0.15) is 24.5 Å². The van der Waals surface area contributed by atoms with Crippen LogP contribution >= 0.6 is 0 Å². The maximum atomic E-state index is 12.7. The van der Waals surface area contributed by atoms with Gasteiger partial charge in [-0.3, -0.25) is 4.79 Å². The van der Waals surface area contributed by atoms with Crippen molar-refractivity contribution in [3.63, 3.8) is 0 Å². The van der Waals surface area contributed by atoms with Gasteiger partial charge in [0.15, 0.2) is 0 Å². The molecule has 196 valence electrons. The van der Waals surface area contributed by atoms with Crippen molar-refractivity contribution >= 4 is 27.7 Å². The number of aliphatic carboxylic acids is 1. The van der Waals surface area contributed by atoms with Gasteiger partial charge in [0, 0.05) is 18.3 Å². The normalized spacial score (nSPS) is 12.5. The predicted molar refractivity (Wildman–Crippen MR) is 131 cm³/mol. The molecule has 0 radical (unpaired) electrons. The molecule has 2 amide bonds. The van der Waals surface area contributed by atoms with Gasteiger partial charge >= 0.3 is 18.2 Å². The largest absolute Gasteiger partial charge is 0.481 e. The van der Waals surface area contributed by atoms with Crippen molar-refractivity contribution in [1.29, 1.82) is 0 Å². The van der Waals surface area contributed by atoms with Crippen molar-refractivity contribution in [3.05, 3.63) is 83.9 Å². The van der Waals surface area contributed by atoms with Gasteiger partial charge in [-0.1, -0.05) is 36.4 Å². The molecule has 0 bridgehead atoms. The molecule has 1 atom stereocenters. The van der Waals surface area contributed by atoms with Crippen LogP contribution in [0, 0.1) is 0 Å². The van der Waals surface area contributed by atoms with Crippen LogP contribution in [0.3, 0.4) is 0 Å². The Kier molecular flexibility index (Phi) is 8.56. The third kappa shape index (κ3) is 8.05. The Morgan fingerprint density at radius 3 is 2.19 bits per heavy atom. The average Bonchev–Trinajstić information content (AvgIpc) is 2.82. The molecule has 0 saturated carbocycles. The highest BCUT2D eigenvalue weighted by atomic mass is 32.2. The van der Waals surface area contributed by atoms with Gasteiger partial charge in [0.05, 0.1) is 16.9 Å². The van der Waals surface area contributed by atoms with E-state index in [1.165, 1.54) is 31.2 Å². The summed E-state index contributed by atoms with van der Waals surface area (Å²) in [6.45, 7) is 1.46. The van der Waals surface area contributed by atoms with Crippen LogP contribution < -0.4 is 15.4 Å². The van der Waals surface area contributed by atoms with E-state index in [4.69, 9.17) is 5.11 Å². The lowest BCUT2D eigenvalue weighted by molar-refractivity contribution is -0.138. The minimum absolute atomic E-state index is 0.0108. The predicted octanol–water partition coefficient (Wildman–Crippen LogP) is 4.84. The monoisotopic (exact) mass is 535 g/mol. The quantitative estimate of drug-likeness (QED) is 0.312. The maximum Gasteiger partial charge on any atom is 0.416 e. The number of halogens is 3. The Labute approximate surface area is 211 Å². The smallest absolute Gasteiger partial charge is 0.416 e. The summed E-state index contributed by atoms with van der Waals surface area (Å²) in [6.07, 6.45) is -4.80. The molecule has 3 rings (SSSR count). The van der Waals surface area contributed by atoms with Gasteiger partial charge in [0.1, 0.15) is 0 Å². The molecule has 0 spiro atoms. The van der Waals surface area contributed by atoms with E-state index in [9.17, 15) is 31.2 Å². The molecule has 0 aliphatic rings. The van der Waals surface area contributed by atoms with Gasteiger partial charge in [-0.25, -0.2) is 17.9 Å². The number of hydrogen-bond donors (Lipinski definition) is 4. The summed E-state index contributed by atoms with van der Waals surface area (Å²) in [5.41, 5.74) is 1.27. The molecule has 0 aromatic heterocycles. The van der Waals surface area contributed by atoms with Crippen LogP contribution in [0.4, 0.5) is 23.7 Å². The molecule has 8 nitrogen and oxygen atoms in total. The number of nitrogens with one attached hydrogen (secondary N) is 3. The number of sulfonamides is 1. The number of hydrogen-bond acceptors (Lipinski definition) is 4. The van der Waals surface area contributed by atoms with Crippen LogP contribution in [0.5, 0.6) is 0 Å². The third-order valence-electron chi connectivity index (χ3n) is 5.17. The molecular formula is C25H24F3N3O5S. The highest BCUT2D eigenvalue weighted by Gasteiger charge is 2.29. The molecule has 0 aliphatic carbocycles. The zero-order valence-electron chi connectivity index (χ0n) is 19.5. The lowest BCUT2D eigenvalue weighted by Gasteiger charge is -2.13. The van der Waals surface area contributed by atoms with Gasteiger partial charge in [0.25, 0.3) is 0 Å². The Balaban J connectivity index is 1.66. The molecule has 4 N–H and O–H groups in total. The fourth-order valence-corrected chi connectivity index (χ4v) is 4.71. The Bertz CT molecular complexity index is 1380. The van der Waals surface area contributed by atoms with E-state index < -0.39 is 39.8 Å². The van der Waals surface area contributed by atoms with E-state index in [0.29, 0.717) is 22.4 Å². The highest BCUT2D eigenvalue weighted by molar-refractivity contribution is 7.89. The average molecular weight is 536 g/mol. The first-order valence-corrected chi connectivity index (χ1v) is 12.5. The van der Waals surface area contributed by atoms with Gasteiger partial charge in [-0.15, -0.1) is 0 Å². The summed E-state index contributed by atoms with van der Waals surface area (Å²) in [6, 6.07) is 15.7. The van der Waals surface area contributed by atoms with Crippen molar-refractivity contribution in [1.82, 2.24) is 10.0 Å². The number of anilines is 1. The van der Waals surface area contributed by atoms with E-state index >= 15 is 0 Å². The summed E-state index contributed by atoms with van der Waals surface area (Å²) in [4.78, 5) is 23.1. The van der Waals surface area contributed by atoms with Crippen molar-refractivity contribution in [2.75, 3.05) is 5.32 Å². The molecule has 37 heavy (non-hydrogen) atoms. The molecule has 0 unspecified atom stereocenters. The number of carboxylic acids is 1. The molecule has 12 heteroatoms. The van der Waals surface area contributed by atoms with Gasteiger partial charge in [-0.05, 0) is 60.0 Å². The highest BCUT2D eigenvalue weighted by Crippen LogP contribution is 2.29. The first-order chi connectivity index (χ1) is 17.3. The minimum Gasteiger partial charge on any atom is -0.481 e. The van der Waals surface area contributed by atoms with Crippen LogP contribution in [0.15, 0.2) is 77.7 Å². The standard InChI is InChI=1S/C25H24F3N3O5S/c1-16(12-23(32)33)31-37(35,36)22-7-3-5-19(14-22)18-4-2-6-21(13-18)30-24(34)29-15-17-8-10-20(11-9-17)25(26,27)28/h2-11,13-14,16,31H,12,15H2,1H3,(H,32,33)(H2,29,30,34)/t16-/m0/s1. The number of carboxylic acid groups (broad SMARTS) is 1. The van der Waals surface area contributed by atoms with E-state index in [1.54, 1.807) is 36.4 Å². The van der Waals surface area contributed by atoms with E-state index in [2.05, 4.69) is 15.4 Å². The second kappa shape index (κ2) is 11.4. The van der Waals surface area contributed by atoms with Crippen molar-refractivity contribution in [3.8, 4) is 11.1 Å². The second-order valence-corrected chi connectivity index (χ2v) is 9.95. The lowest BCUT2D eigenvalue weighted by atomic mass is 10.1. The summed E-state index contributed by atoms with van der Waals surface area (Å²) in [5.74, 6) is -1.13. The van der Waals surface area contributed by atoms with E-state index in [1.807, 2.05) is 0 Å². The number of urea groups is 1. The summed E-state index contributed by atoms with van der Waals surface area (Å²) >= 11 is 0. The maximum absolute atomic E-state index is 12.7. The zero-order valence-corrected chi connectivity index (χ0v) is 20.4. The number of carbonyl (C=O) groups excluding carboxylic acids is 1. The molecule has 0 heterocycles.